The zero-order chi connectivity index (χ0) is 40.4. The number of allylic oxidation sites excluding steroid dienone is 6. The number of hydrogen-bond acceptors (Lipinski definition) is 11. The number of carbonyl (C=O) groups excluding carboxylic acids is 1. The number of unbranched alkanes of at least 4 members (excludes halogenated alkanes) is 17. The summed E-state index contributed by atoms with van der Waals surface area (Å²) in [6, 6.07) is 0. The maximum Gasteiger partial charge on any atom is 0.397 e. The van der Waals surface area contributed by atoms with E-state index in [1.54, 1.807) is 0 Å². The minimum atomic E-state index is -5.06. The van der Waals surface area contributed by atoms with Gasteiger partial charge in [-0.25, -0.2) is 4.18 Å². The fourth-order valence-corrected chi connectivity index (χ4v) is 6.77. The third-order valence-corrected chi connectivity index (χ3v) is 9.98. The average molecular weight is 805 g/mol. The van der Waals surface area contributed by atoms with Gasteiger partial charge in [-0.15, -0.1) is 0 Å². The van der Waals surface area contributed by atoms with Crippen LogP contribution in [0.3, 0.4) is 0 Å². The van der Waals surface area contributed by atoms with Gasteiger partial charge in [0.15, 0.2) is 6.29 Å². The molecule has 0 aromatic rings. The fourth-order valence-electron chi connectivity index (χ4n) is 6.27. The fraction of sp³-hybridized carbons (Fsp3) is 0.833. The van der Waals surface area contributed by atoms with Crippen molar-refractivity contribution in [1.82, 2.24) is 0 Å². The van der Waals surface area contributed by atoms with Crippen molar-refractivity contribution in [2.24, 2.45) is 0 Å². The Labute approximate surface area is 333 Å². The molecular formula is C42H76O12S. The second-order valence-electron chi connectivity index (χ2n) is 14.6. The van der Waals surface area contributed by atoms with Crippen LogP contribution in [0.25, 0.3) is 0 Å². The first-order valence-corrected chi connectivity index (χ1v) is 22.6. The van der Waals surface area contributed by atoms with Crippen molar-refractivity contribution in [2.45, 2.75) is 198 Å². The molecule has 1 aliphatic heterocycles. The molecule has 1 fully saturated rings. The van der Waals surface area contributed by atoms with Gasteiger partial charge in [-0.1, -0.05) is 140 Å². The molecule has 55 heavy (non-hydrogen) atoms. The second kappa shape index (κ2) is 34.4. The Balaban J connectivity index is 2.39. The predicted molar refractivity (Wildman–Crippen MR) is 216 cm³/mol. The second-order valence-corrected chi connectivity index (χ2v) is 15.6. The van der Waals surface area contributed by atoms with E-state index in [0.29, 0.717) is 13.0 Å². The zero-order valence-electron chi connectivity index (χ0n) is 34.0. The molecule has 0 spiro atoms. The molecule has 4 N–H and O–H groups in total. The van der Waals surface area contributed by atoms with Crippen LogP contribution in [0.4, 0.5) is 0 Å². The molecule has 0 aromatic carbocycles. The lowest BCUT2D eigenvalue weighted by Gasteiger charge is -2.41. The molecule has 0 radical (unpaired) electrons. The molecule has 0 amide bonds. The summed E-state index contributed by atoms with van der Waals surface area (Å²) < 4.78 is 58.8. The van der Waals surface area contributed by atoms with E-state index in [4.69, 9.17) is 23.5 Å². The van der Waals surface area contributed by atoms with Gasteiger partial charge < -0.3 is 34.3 Å². The molecule has 13 heteroatoms. The Morgan fingerprint density at radius 2 is 1.20 bits per heavy atom. The summed E-state index contributed by atoms with van der Waals surface area (Å²) in [7, 11) is -5.06. The Morgan fingerprint density at radius 3 is 1.78 bits per heavy atom. The van der Waals surface area contributed by atoms with Gasteiger partial charge >= 0.3 is 16.4 Å². The number of aliphatic hydroxyl groups excluding tert-OH is 3. The molecule has 6 unspecified atom stereocenters. The van der Waals surface area contributed by atoms with E-state index in [1.807, 2.05) is 0 Å². The monoisotopic (exact) mass is 805 g/mol. The highest BCUT2D eigenvalue weighted by molar-refractivity contribution is 7.80. The Hall–Kier alpha value is -1.68. The smallest absolute Gasteiger partial charge is 0.397 e. The normalized spacial score (nSPS) is 21.3. The quantitative estimate of drug-likeness (QED) is 0.0207. The van der Waals surface area contributed by atoms with Gasteiger partial charge in [-0.2, -0.15) is 8.42 Å². The lowest BCUT2D eigenvalue weighted by molar-refractivity contribution is -0.301. The zero-order valence-corrected chi connectivity index (χ0v) is 34.8. The first kappa shape index (κ1) is 51.3. The molecule has 1 heterocycles. The van der Waals surface area contributed by atoms with Crippen LogP contribution in [-0.4, -0.2) is 97.5 Å². The summed E-state index contributed by atoms with van der Waals surface area (Å²) >= 11 is 0. The van der Waals surface area contributed by atoms with E-state index >= 15 is 0 Å². The van der Waals surface area contributed by atoms with Crippen LogP contribution >= 0.6 is 0 Å². The van der Waals surface area contributed by atoms with E-state index in [9.17, 15) is 28.5 Å². The van der Waals surface area contributed by atoms with Crippen LogP contribution in [0, 0.1) is 0 Å². The van der Waals surface area contributed by atoms with E-state index in [0.717, 1.165) is 57.8 Å². The van der Waals surface area contributed by atoms with E-state index in [-0.39, 0.29) is 19.6 Å². The van der Waals surface area contributed by atoms with Crippen molar-refractivity contribution in [3.05, 3.63) is 36.5 Å². The molecule has 1 saturated heterocycles. The molecule has 1 rings (SSSR count). The summed E-state index contributed by atoms with van der Waals surface area (Å²) in [6.45, 7) is 3.89. The topological polar surface area (TPSA) is 178 Å². The van der Waals surface area contributed by atoms with Crippen LogP contribution in [0.15, 0.2) is 36.5 Å². The number of hydrogen-bond donors (Lipinski definition) is 4. The Morgan fingerprint density at radius 1 is 0.691 bits per heavy atom. The molecule has 1 aliphatic rings. The standard InChI is InChI=1S/C42H76O12S/c1-3-5-7-9-11-13-14-15-16-17-18-19-20-21-22-23-24-26-28-30-32-50-34-36(52-38(44)31-29-27-25-12-10-8-6-4-2)35-51-42-40(46)41(54-55(47,48)49)39(45)37(33-43)53-42/h11,13,15-16,18-19,36-37,39-43,45-46H,3-10,12,14,17,20-35H2,1-2H3,(H,47,48,49)/b13-11-,16-15-,19-18-. The highest BCUT2D eigenvalue weighted by Crippen LogP contribution is 2.26. The van der Waals surface area contributed by atoms with Gasteiger partial charge in [0.25, 0.3) is 0 Å². The maximum atomic E-state index is 12.7. The third-order valence-electron chi connectivity index (χ3n) is 9.52. The number of ether oxygens (including phenoxy) is 4. The molecule has 12 nitrogen and oxygen atoms in total. The largest absolute Gasteiger partial charge is 0.457 e. The minimum Gasteiger partial charge on any atom is -0.457 e. The highest BCUT2D eigenvalue weighted by atomic mass is 32.3. The van der Waals surface area contributed by atoms with Gasteiger partial charge in [0.2, 0.25) is 0 Å². The third kappa shape index (κ3) is 28.4. The summed E-state index contributed by atoms with van der Waals surface area (Å²) in [5, 5.41) is 30.5. The lowest BCUT2D eigenvalue weighted by Crippen LogP contribution is -2.60. The van der Waals surface area contributed by atoms with Crippen LogP contribution in [0.1, 0.15) is 162 Å². The first-order chi connectivity index (χ1) is 26.6. The predicted octanol–water partition coefficient (Wildman–Crippen LogP) is 8.24. The van der Waals surface area contributed by atoms with Crippen molar-refractivity contribution in [1.29, 1.82) is 0 Å². The van der Waals surface area contributed by atoms with E-state index in [1.165, 1.54) is 77.0 Å². The Kier molecular flexibility index (Phi) is 32.1. The van der Waals surface area contributed by atoms with Gasteiger partial charge in [0.1, 0.15) is 30.5 Å². The molecule has 322 valence electrons. The molecule has 0 aliphatic carbocycles. The van der Waals surface area contributed by atoms with Crippen molar-refractivity contribution in [3.8, 4) is 0 Å². The van der Waals surface area contributed by atoms with Crippen molar-refractivity contribution in [3.63, 3.8) is 0 Å². The molecule has 0 aromatic heterocycles. The van der Waals surface area contributed by atoms with E-state index in [2.05, 4.69) is 54.5 Å². The Bertz CT molecular complexity index is 1110. The van der Waals surface area contributed by atoms with Crippen LogP contribution in [0.2, 0.25) is 0 Å². The SMILES string of the molecule is CCCCC/C=C\C/C=C\C/C=C\CCCCCCCCCOCC(COC1OC(CO)C(O)C(OS(=O)(=O)O)C1O)OC(=O)CCCCCCCCCC. The first-order valence-electron chi connectivity index (χ1n) is 21.2. The van der Waals surface area contributed by atoms with Gasteiger partial charge in [-0.05, 0) is 51.4 Å². The molecular weight excluding hydrogens is 729 g/mol. The summed E-state index contributed by atoms with van der Waals surface area (Å²) in [5.74, 6) is -0.409. The maximum absolute atomic E-state index is 12.7. The van der Waals surface area contributed by atoms with Crippen molar-refractivity contribution < 1.29 is 56.2 Å². The van der Waals surface area contributed by atoms with Crippen molar-refractivity contribution in [2.75, 3.05) is 26.4 Å². The average Bonchev–Trinajstić information content (AvgIpc) is 3.15. The minimum absolute atomic E-state index is 0.0302. The van der Waals surface area contributed by atoms with Gasteiger partial charge in [-0.3, -0.25) is 9.35 Å². The number of esters is 1. The van der Waals surface area contributed by atoms with E-state index < -0.39 is 59.8 Å². The summed E-state index contributed by atoms with van der Waals surface area (Å²) in [5.41, 5.74) is 0. The highest BCUT2D eigenvalue weighted by Gasteiger charge is 2.48. The van der Waals surface area contributed by atoms with Crippen LogP contribution in [0.5, 0.6) is 0 Å². The van der Waals surface area contributed by atoms with Gasteiger partial charge in [0.05, 0.1) is 19.8 Å². The summed E-state index contributed by atoms with van der Waals surface area (Å²) in [6.07, 6.45) is 29.1. The molecule has 0 saturated carbocycles. The lowest BCUT2D eigenvalue weighted by atomic mass is 9.99. The number of rotatable bonds is 36. The van der Waals surface area contributed by atoms with Crippen molar-refractivity contribution >= 4 is 16.4 Å². The summed E-state index contributed by atoms with van der Waals surface area (Å²) in [4.78, 5) is 12.7. The molecule has 0 bridgehead atoms. The van der Waals surface area contributed by atoms with Crippen LogP contribution < -0.4 is 0 Å². The number of carbonyl (C=O) groups is 1. The van der Waals surface area contributed by atoms with Crippen LogP contribution in [-0.2, 0) is 38.3 Å². The number of aliphatic hydroxyl groups is 3. The van der Waals surface area contributed by atoms with Gasteiger partial charge in [0, 0.05) is 13.0 Å². The molecule has 6 atom stereocenters.